The molecule has 0 spiro atoms. The molecule has 0 bridgehead atoms. The number of carbonyl (C=O) groups excluding carboxylic acids is 1. The van der Waals surface area contributed by atoms with Gasteiger partial charge in [-0.15, -0.1) is 0 Å². The summed E-state index contributed by atoms with van der Waals surface area (Å²) >= 11 is 3.45. The molecule has 5 rings (SSSR count). The third kappa shape index (κ3) is 3.38. The molecule has 4 aromatic rings. The minimum absolute atomic E-state index is 0.250. The molecule has 2 aromatic heterocycles. The second kappa shape index (κ2) is 7.63. The predicted molar refractivity (Wildman–Crippen MR) is 125 cm³/mol. The van der Waals surface area contributed by atoms with E-state index in [1.807, 2.05) is 36.4 Å². The summed E-state index contributed by atoms with van der Waals surface area (Å²) in [4.78, 5) is 21.4. The number of nitrogens with zero attached hydrogens (tertiary/aromatic N) is 4. The van der Waals surface area contributed by atoms with E-state index >= 15 is 0 Å². The molecule has 0 atom stereocenters. The van der Waals surface area contributed by atoms with Crippen LogP contribution >= 0.6 is 15.9 Å². The first kappa shape index (κ1) is 19.4. The average molecular weight is 475 g/mol. The molecular weight excluding hydrogens is 456 g/mol. The van der Waals surface area contributed by atoms with Crippen LogP contribution < -0.4 is 10.7 Å². The van der Waals surface area contributed by atoms with Crippen LogP contribution in [0.5, 0.6) is 0 Å². The summed E-state index contributed by atoms with van der Waals surface area (Å²) in [6, 6.07) is 15.9. The largest absolute Gasteiger partial charge is 0.325 e. The molecule has 1 aliphatic rings. The number of halogens is 1. The van der Waals surface area contributed by atoms with Crippen molar-refractivity contribution in [3.05, 3.63) is 81.7 Å². The number of benzene rings is 2. The van der Waals surface area contributed by atoms with Crippen molar-refractivity contribution in [2.75, 3.05) is 10.7 Å². The second-order valence-electron chi connectivity index (χ2n) is 7.42. The highest BCUT2D eigenvalue weighted by Gasteiger charge is 2.26. The normalized spacial score (nSPS) is 14.2. The van der Waals surface area contributed by atoms with Gasteiger partial charge in [-0.25, -0.2) is 9.97 Å². The van der Waals surface area contributed by atoms with Crippen molar-refractivity contribution in [3.63, 3.8) is 0 Å². The summed E-state index contributed by atoms with van der Waals surface area (Å²) < 4.78 is 3.05. The highest BCUT2D eigenvalue weighted by molar-refractivity contribution is 9.10. The van der Waals surface area contributed by atoms with Crippen LogP contribution in [-0.4, -0.2) is 26.2 Å². The van der Waals surface area contributed by atoms with Gasteiger partial charge in [0.05, 0.1) is 11.1 Å². The second-order valence-corrected chi connectivity index (χ2v) is 8.33. The Balaban J connectivity index is 1.55. The number of hydrogen-bond donors (Lipinski definition) is 2. The van der Waals surface area contributed by atoms with Gasteiger partial charge in [0, 0.05) is 22.3 Å². The molecule has 3 heterocycles. The number of nitrogens with one attached hydrogen (secondary N) is 2. The molecule has 1 aliphatic heterocycles. The molecule has 7 nitrogen and oxygen atoms in total. The predicted octanol–water partition coefficient (Wildman–Crippen LogP) is 4.63. The first-order chi connectivity index (χ1) is 15.0. The van der Waals surface area contributed by atoms with Crippen molar-refractivity contribution in [1.29, 1.82) is 0 Å². The van der Waals surface area contributed by atoms with Crippen molar-refractivity contribution in [3.8, 4) is 0 Å². The lowest BCUT2D eigenvalue weighted by Crippen LogP contribution is -2.16. The van der Waals surface area contributed by atoms with Gasteiger partial charge >= 0.3 is 0 Å². The summed E-state index contributed by atoms with van der Waals surface area (Å²) in [5.41, 5.74) is 9.03. The molecule has 0 saturated carbocycles. The maximum Gasteiger partial charge on any atom is 0.276 e. The van der Waals surface area contributed by atoms with Crippen LogP contribution in [0.4, 0.5) is 11.5 Å². The van der Waals surface area contributed by atoms with Crippen molar-refractivity contribution in [2.45, 2.75) is 20.4 Å². The van der Waals surface area contributed by atoms with E-state index in [2.05, 4.69) is 72.3 Å². The Labute approximate surface area is 187 Å². The van der Waals surface area contributed by atoms with E-state index < -0.39 is 0 Å². The summed E-state index contributed by atoms with van der Waals surface area (Å²) in [7, 11) is 0. The van der Waals surface area contributed by atoms with Crippen molar-refractivity contribution < 1.29 is 4.79 Å². The number of aromatic nitrogens is 3. The van der Waals surface area contributed by atoms with E-state index in [1.54, 1.807) is 0 Å². The minimum Gasteiger partial charge on any atom is -0.325 e. The minimum atomic E-state index is -0.250. The molecule has 0 aliphatic carbocycles. The third-order valence-electron chi connectivity index (χ3n) is 5.56. The number of rotatable bonds is 4. The molecular formula is C23H19BrN6O. The fourth-order valence-electron chi connectivity index (χ4n) is 3.86. The van der Waals surface area contributed by atoms with E-state index in [4.69, 9.17) is 0 Å². The summed E-state index contributed by atoms with van der Waals surface area (Å²) in [6.07, 6.45) is 1.52. The van der Waals surface area contributed by atoms with Gasteiger partial charge in [0.15, 0.2) is 11.5 Å². The molecule has 154 valence electrons. The zero-order valence-electron chi connectivity index (χ0n) is 17.0. The number of carbonyl (C=O) groups is 1. The van der Waals surface area contributed by atoms with E-state index in [1.165, 1.54) is 11.9 Å². The highest BCUT2D eigenvalue weighted by atomic mass is 79.9. The highest BCUT2D eigenvalue weighted by Crippen LogP contribution is 2.30. The maximum absolute atomic E-state index is 12.4. The molecule has 1 amide bonds. The van der Waals surface area contributed by atoms with Gasteiger partial charge in [-0.05, 0) is 43.2 Å². The van der Waals surface area contributed by atoms with Crippen LogP contribution in [0.15, 0.2) is 64.4 Å². The van der Waals surface area contributed by atoms with Gasteiger partial charge in [-0.2, -0.15) is 5.10 Å². The number of fused-ring (bicyclic) bond motifs is 2. The number of amides is 1. The summed E-state index contributed by atoms with van der Waals surface area (Å²) in [5.74, 6) is 0.321. The molecule has 0 unspecified atom stereocenters. The number of anilines is 2. The Bertz CT molecular complexity index is 1360. The van der Waals surface area contributed by atoms with Crippen LogP contribution in [-0.2, 0) is 11.3 Å². The zero-order valence-corrected chi connectivity index (χ0v) is 18.6. The molecule has 2 N–H and O–H groups in total. The van der Waals surface area contributed by atoms with E-state index in [0.29, 0.717) is 18.1 Å². The number of aryl methyl sites for hydroxylation is 1. The van der Waals surface area contributed by atoms with Crippen molar-refractivity contribution in [1.82, 2.24) is 14.5 Å². The van der Waals surface area contributed by atoms with Gasteiger partial charge < -0.3 is 9.88 Å². The Morgan fingerprint density at radius 2 is 1.94 bits per heavy atom. The molecule has 0 radical (unpaired) electrons. The van der Waals surface area contributed by atoms with E-state index in [0.717, 1.165) is 38.0 Å². The quantitative estimate of drug-likeness (QED) is 0.422. The topological polar surface area (TPSA) is 84.2 Å². The standard InChI is InChI=1S/C23H19BrN6O/c1-13-14(2)30(11-15-6-4-3-5-7-15)22-19(13)21(25-12-26-22)29-28-20-17-10-16(24)8-9-18(17)27-23(20)31/h3-10,12H,11H2,1-2H3,(H,25,26,29)(H,27,28,31). The van der Waals surface area contributed by atoms with Gasteiger partial charge in [0.25, 0.3) is 5.91 Å². The zero-order chi connectivity index (χ0) is 21.5. The van der Waals surface area contributed by atoms with Gasteiger partial charge in [0.2, 0.25) is 0 Å². The first-order valence-electron chi connectivity index (χ1n) is 9.82. The number of hydrazone groups is 1. The van der Waals surface area contributed by atoms with Crippen LogP contribution in [0.25, 0.3) is 11.0 Å². The van der Waals surface area contributed by atoms with Gasteiger partial charge in [-0.1, -0.05) is 46.3 Å². The molecule has 8 heteroatoms. The Hall–Kier alpha value is -3.52. The number of hydrogen-bond acceptors (Lipinski definition) is 5. The lowest BCUT2D eigenvalue weighted by atomic mass is 10.1. The molecule has 31 heavy (non-hydrogen) atoms. The van der Waals surface area contributed by atoms with Crippen LogP contribution in [0.1, 0.15) is 22.4 Å². The first-order valence-corrected chi connectivity index (χ1v) is 10.6. The molecule has 0 fully saturated rings. The van der Waals surface area contributed by atoms with E-state index in [9.17, 15) is 4.79 Å². The third-order valence-corrected chi connectivity index (χ3v) is 6.06. The SMILES string of the molecule is Cc1c(C)n(Cc2ccccc2)c2ncnc(N/N=C3\C(=O)Nc4ccc(Br)cc43)c12. The summed E-state index contributed by atoms with van der Waals surface area (Å²) in [5, 5.41) is 8.13. The van der Waals surface area contributed by atoms with Crippen LogP contribution in [0.3, 0.4) is 0 Å². The van der Waals surface area contributed by atoms with Crippen LogP contribution in [0, 0.1) is 13.8 Å². The Kier molecular flexibility index (Phi) is 4.78. The fourth-order valence-corrected chi connectivity index (χ4v) is 4.22. The van der Waals surface area contributed by atoms with E-state index in [-0.39, 0.29) is 5.91 Å². The lowest BCUT2D eigenvalue weighted by molar-refractivity contribution is -0.110. The summed E-state index contributed by atoms with van der Waals surface area (Å²) in [6.45, 7) is 4.84. The van der Waals surface area contributed by atoms with Gasteiger partial charge in [0.1, 0.15) is 12.0 Å². The Morgan fingerprint density at radius 3 is 2.74 bits per heavy atom. The smallest absolute Gasteiger partial charge is 0.276 e. The lowest BCUT2D eigenvalue weighted by Gasteiger charge is -2.08. The monoisotopic (exact) mass is 474 g/mol. The van der Waals surface area contributed by atoms with Crippen LogP contribution in [0.2, 0.25) is 0 Å². The maximum atomic E-state index is 12.4. The van der Waals surface area contributed by atoms with Crippen molar-refractivity contribution in [2.24, 2.45) is 5.10 Å². The molecule has 2 aromatic carbocycles. The average Bonchev–Trinajstić information content (AvgIpc) is 3.21. The van der Waals surface area contributed by atoms with Crippen molar-refractivity contribution >= 4 is 50.1 Å². The fraction of sp³-hybridized carbons (Fsp3) is 0.130. The van der Waals surface area contributed by atoms with Gasteiger partial charge in [-0.3, -0.25) is 10.2 Å². The Morgan fingerprint density at radius 1 is 1.13 bits per heavy atom. The molecule has 0 saturated heterocycles.